The van der Waals surface area contributed by atoms with Gasteiger partial charge in [-0.15, -0.1) is 0 Å². The lowest BCUT2D eigenvalue weighted by Gasteiger charge is -2.05. The fraction of sp³-hybridized carbons (Fsp3) is 0.125. The summed E-state index contributed by atoms with van der Waals surface area (Å²) >= 11 is 1.01. The summed E-state index contributed by atoms with van der Waals surface area (Å²) in [6, 6.07) is 3.36. The molecule has 2 aromatic rings. The molecule has 2 aromatic heterocycles. The molecule has 7 nitrogen and oxygen atoms in total. The maximum Gasteiger partial charge on any atom is 0.261 e. The van der Waals surface area contributed by atoms with Crippen LogP contribution in [0.1, 0.15) is 10.4 Å². The van der Waals surface area contributed by atoms with E-state index in [1.165, 1.54) is 0 Å². The van der Waals surface area contributed by atoms with E-state index >= 15 is 0 Å². The quantitative estimate of drug-likeness (QED) is 0.811. The monoisotopic (exact) mass is 236 g/mol. The highest BCUT2D eigenvalue weighted by Crippen LogP contribution is 2.13. The molecule has 0 atom stereocenters. The van der Waals surface area contributed by atoms with Gasteiger partial charge in [0.1, 0.15) is 5.82 Å². The molecule has 0 bridgehead atoms. The van der Waals surface area contributed by atoms with Gasteiger partial charge in [-0.1, -0.05) is 9.59 Å². The molecule has 0 spiro atoms. The summed E-state index contributed by atoms with van der Waals surface area (Å²) in [5, 5.41) is 12.8. The lowest BCUT2D eigenvalue weighted by atomic mass is 10.2. The van der Waals surface area contributed by atoms with Gasteiger partial charge in [-0.25, -0.2) is 4.98 Å². The summed E-state index contributed by atoms with van der Waals surface area (Å²) in [7, 11) is 1.70. The van der Waals surface area contributed by atoms with Gasteiger partial charge in [0, 0.05) is 24.8 Å². The molecule has 0 aromatic carbocycles. The number of amides is 1. The van der Waals surface area contributed by atoms with Crippen LogP contribution >= 0.6 is 11.5 Å². The Morgan fingerprint density at radius 1 is 1.50 bits per heavy atom. The van der Waals surface area contributed by atoms with Gasteiger partial charge in [0.15, 0.2) is 0 Å². The van der Waals surface area contributed by atoms with Crippen molar-refractivity contribution in [2.75, 3.05) is 17.7 Å². The van der Waals surface area contributed by atoms with Gasteiger partial charge in [-0.05, 0) is 17.3 Å². The smallest absolute Gasteiger partial charge is 0.261 e. The van der Waals surface area contributed by atoms with E-state index in [0.29, 0.717) is 16.5 Å². The van der Waals surface area contributed by atoms with Gasteiger partial charge in [0.2, 0.25) is 5.13 Å². The van der Waals surface area contributed by atoms with Gasteiger partial charge < -0.3 is 5.32 Å². The van der Waals surface area contributed by atoms with Crippen LogP contribution in [0.4, 0.5) is 10.9 Å². The van der Waals surface area contributed by atoms with E-state index in [1.807, 2.05) is 0 Å². The Kier molecular flexibility index (Phi) is 3.01. The third-order valence-electron chi connectivity index (χ3n) is 1.81. The first-order valence-electron chi connectivity index (χ1n) is 4.40. The van der Waals surface area contributed by atoms with Crippen molar-refractivity contribution in [2.24, 2.45) is 0 Å². The molecule has 8 heteroatoms. The van der Waals surface area contributed by atoms with E-state index in [0.717, 1.165) is 11.5 Å². The minimum Gasteiger partial charge on any atom is -0.372 e. The topological polar surface area (TPSA) is 92.7 Å². The molecule has 0 saturated carbocycles. The van der Waals surface area contributed by atoms with Crippen molar-refractivity contribution in [1.29, 1.82) is 0 Å². The van der Waals surface area contributed by atoms with Gasteiger partial charge in [0.25, 0.3) is 5.91 Å². The molecule has 0 saturated heterocycles. The molecule has 0 fully saturated rings. The Bertz CT molecular complexity index is 485. The van der Waals surface area contributed by atoms with Crippen LogP contribution in [0.5, 0.6) is 0 Å². The van der Waals surface area contributed by atoms with Crippen LogP contribution < -0.4 is 10.6 Å². The largest absolute Gasteiger partial charge is 0.372 e. The van der Waals surface area contributed by atoms with E-state index in [9.17, 15) is 4.79 Å². The number of hydrogen-bond donors (Lipinski definition) is 2. The lowest BCUT2D eigenvalue weighted by molar-refractivity contribution is 0.102. The summed E-state index contributed by atoms with van der Waals surface area (Å²) < 4.78 is 3.55. The molecule has 2 heterocycles. The normalized spacial score (nSPS) is 9.81. The highest BCUT2D eigenvalue weighted by atomic mass is 32.1. The standard InChI is InChI=1S/C8H8N6OS/c1-9-6-5(3-2-4-10-6)7(15)11-8-12-13-14-16-8/h2-4H,1H3,(H,9,10)(H,11,12,14,15). The second-order valence-electron chi connectivity index (χ2n) is 2.77. The van der Waals surface area contributed by atoms with E-state index in [4.69, 9.17) is 0 Å². The van der Waals surface area contributed by atoms with Crippen LogP contribution in [0.2, 0.25) is 0 Å². The zero-order valence-electron chi connectivity index (χ0n) is 8.34. The van der Waals surface area contributed by atoms with Gasteiger partial charge >= 0.3 is 0 Å². The highest BCUT2D eigenvalue weighted by molar-refractivity contribution is 7.09. The predicted octanol–water partition coefficient (Wildman–Crippen LogP) is 0.622. The van der Waals surface area contributed by atoms with E-state index in [-0.39, 0.29) is 5.91 Å². The zero-order chi connectivity index (χ0) is 11.4. The van der Waals surface area contributed by atoms with Crippen LogP contribution in [0.25, 0.3) is 0 Å². The number of carbonyl (C=O) groups excluding carboxylic acids is 1. The van der Waals surface area contributed by atoms with Crippen LogP contribution in [0.3, 0.4) is 0 Å². The van der Waals surface area contributed by atoms with Crippen molar-refractivity contribution in [1.82, 2.24) is 19.8 Å². The van der Waals surface area contributed by atoms with Crippen LogP contribution in [-0.4, -0.2) is 32.7 Å². The Balaban J connectivity index is 2.21. The molecule has 1 amide bonds. The Labute approximate surface area is 95.1 Å². The fourth-order valence-corrected chi connectivity index (χ4v) is 1.50. The third-order valence-corrected chi connectivity index (χ3v) is 2.32. The third kappa shape index (κ3) is 2.11. The first-order chi connectivity index (χ1) is 7.81. The molecular formula is C8H8N6OS. The molecule has 0 aliphatic carbocycles. The molecular weight excluding hydrogens is 228 g/mol. The van der Waals surface area contributed by atoms with Crippen molar-refractivity contribution in [3.05, 3.63) is 23.9 Å². The lowest BCUT2D eigenvalue weighted by Crippen LogP contribution is -2.14. The second-order valence-corrected chi connectivity index (χ2v) is 3.50. The van der Waals surface area contributed by atoms with E-state index in [1.54, 1.807) is 25.4 Å². The van der Waals surface area contributed by atoms with Gasteiger partial charge in [0.05, 0.1) is 5.56 Å². The number of aromatic nitrogens is 4. The maximum atomic E-state index is 11.8. The first kappa shape index (κ1) is 10.4. The molecule has 2 N–H and O–H groups in total. The summed E-state index contributed by atoms with van der Waals surface area (Å²) in [5.74, 6) is 0.216. The van der Waals surface area contributed by atoms with Crippen molar-refractivity contribution < 1.29 is 4.79 Å². The molecule has 0 aliphatic rings. The van der Waals surface area contributed by atoms with Crippen molar-refractivity contribution in [3.8, 4) is 0 Å². The molecule has 0 unspecified atom stereocenters. The molecule has 0 aliphatic heterocycles. The molecule has 2 rings (SSSR count). The summed E-state index contributed by atoms with van der Waals surface area (Å²) in [6.45, 7) is 0. The van der Waals surface area contributed by atoms with Crippen molar-refractivity contribution in [2.45, 2.75) is 0 Å². The van der Waals surface area contributed by atoms with Gasteiger partial charge in [-0.2, -0.15) is 0 Å². The average molecular weight is 236 g/mol. The van der Waals surface area contributed by atoms with Crippen LogP contribution in [0, 0.1) is 0 Å². The summed E-state index contributed by atoms with van der Waals surface area (Å²) in [6.07, 6.45) is 1.61. The first-order valence-corrected chi connectivity index (χ1v) is 5.17. The molecule has 0 radical (unpaired) electrons. The summed E-state index contributed by atoms with van der Waals surface area (Å²) in [4.78, 5) is 15.8. The number of nitrogens with one attached hydrogen (secondary N) is 2. The molecule has 82 valence electrons. The minimum absolute atomic E-state index is 0.295. The second kappa shape index (κ2) is 4.62. The number of rotatable bonds is 3. The number of nitrogens with zero attached hydrogens (tertiary/aromatic N) is 4. The van der Waals surface area contributed by atoms with Crippen molar-refractivity contribution in [3.63, 3.8) is 0 Å². The van der Waals surface area contributed by atoms with Gasteiger partial charge in [-0.3, -0.25) is 10.1 Å². The highest BCUT2D eigenvalue weighted by Gasteiger charge is 2.12. The number of pyridine rings is 1. The average Bonchev–Trinajstić information content (AvgIpc) is 2.81. The Hall–Kier alpha value is -2.09. The SMILES string of the molecule is CNc1ncccc1C(=O)Nc1nnns1. The fourth-order valence-electron chi connectivity index (χ4n) is 1.13. The Morgan fingerprint density at radius 3 is 3.06 bits per heavy atom. The van der Waals surface area contributed by atoms with E-state index < -0.39 is 0 Å². The van der Waals surface area contributed by atoms with Crippen LogP contribution in [-0.2, 0) is 0 Å². The van der Waals surface area contributed by atoms with Crippen LogP contribution in [0.15, 0.2) is 18.3 Å². The number of carbonyl (C=O) groups is 1. The summed E-state index contributed by atoms with van der Waals surface area (Å²) in [5.41, 5.74) is 0.445. The maximum absolute atomic E-state index is 11.8. The number of anilines is 2. The van der Waals surface area contributed by atoms with E-state index in [2.05, 4.69) is 30.4 Å². The minimum atomic E-state index is -0.295. The van der Waals surface area contributed by atoms with Crippen molar-refractivity contribution >= 4 is 28.4 Å². The Morgan fingerprint density at radius 2 is 2.38 bits per heavy atom. The zero-order valence-corrected chi connectivity index (χ0v) is 9.15. The predicted molar refractivity (Wildman–Crippen MR) is 59.4 cm³/mol. The number of hydrogen-bond acceptors (Lipinski definition) is 7. The molecule has 16 heavy (non-hydrogen) atoms.